The fourth-order valence-electron chi connectivity index (χ4n) is 2.96. The summed E-state index contributed by atoms with van der Waals surface area (Å²) < 4.78 is 0. The van der Waals surface area contributed by atoms with E-state index in [0.717, 1.165) is 12.1 Å². The first-order valence-electron chi connectivity index (χ1n) is 7.28. The second kappa shape index (κ2) is 6.86. The highest BCUT2D eigenvalue weighted by Gasteiger charge is 2.20. The van der Waals surface area contributed by atoms with Crippen LogP contribution in [0.4, 0.5) is 0 Å². The van der Waals surface area contributed by atoms with E-state index in [9.17, 15) is 9.90 Å². The van der Waals surface area contributed by atoms with Gasteiger partial charge in [0.25, 0.3) is 0 Å². The number of benzene rings is 1. The van der Waals surface area contributed by atoms with Crippen LogP contribution in [0, 0.1) is 0 Å². The molecule has 1 N–H and O–H groups in total. The zero-order valence-corrected chi connectivity index (χ0v) is 12.4. The standard InChI is InChI=1S/C16H24N2O2/c1-17(12-14-8-5-6-10-18(14)2)11-13-7-3-4-9-15(13)16(19)20/h3-4,7,9,14H,5-6,8,10-12H2,1-2H3,(H,19,20)/t14-/m1/s1. The fraction of sp³-hybridized carbons (Fsp3) is 0.562. The topological polar surface area (TPSA) is 43.8 Å². The zero-order chi connectivity index (χ0) is 14.5. The second-order valence-corrected chi connectivity index (χ2v) is 5.79. The Labute approximate surface area is 121 Å². The molecule has 1 aliphatic heterocycles. The Morgan fingerprint density at radius 2 is 2.15 bits per heavy atom. The molecule has 0 spiro atoms. The maximum atomic E-state index is 11.2. The largest absolute Gasteiger partial charge is 0.478 e. The number of likely N-dealkylation sites (N-methyl/N-ethyl adjacent to an activating group) is 2. The minimum atomic E-state index is -0.844. The third kappa shape index (κ3) is 3.81. The quantitative estimate of drug-likeness (QED) is 0.896. The van der Waals surface area contributed by atoms with Crippen molar-refractivity contribution in [2.75, 3.05) is 27.2 Å². The van der Waals surface area contributed by atoms with Crippen molar-refractivity contribution in [2.45, 2.75) is 31.8 Å². The third-order valence-corrected chi connectivity index (χ3v) is 4.13. The molecule has 1 atom stereocenters. The summed E-state index contributed by atoms with van der Waals surface area (Å²) in [6.07, 6.45) is 3.83. The Balaban J connectivity index is 1.97. The highest BCUT2D eigenvalue weighted by atomic mass is 16.4. The number of piperidine rings is 1. The molecule has 1 heterocycles. The second-order valence-electron chi connectivity index (χ2n) is 5.79. The van der Waals surface area contributed by atoms with E-state index >= 15 is 0 Å². The van der Waals surface area contributed by atoms with E-state index in [4.69, 9.17) is 0 Å². The lowest BCUT2D eigenvalue weighted by Crippen LogP contribution is -2.43. The fourth-order valence-corrected chi connectivity index (χ4v) is 2.96. The van der Waals surface area contributed by atoms with E-state index in [1.54, 1.807) is 12.1 Å². The van der Waals surface area contributed by atoms with Crippen molar-refractivity contribution in [2.24, 2.45) is 0 Å². The van der Waals surface area contributed by atoms with Crippen LogP contribution in [0.3, 0.4) is 0 Å². The highest BCUT2D eigenvalue weighted by Crippen LogP contribution is 2.17. The summed E-state index contributed by atoms with van der Waals surface area (Å²) in [5, 5.41) is 9.22. The van der Waals surface area contributed by atoms with Crippen LogP contribution in [-0.2, 0) is 6.54 Å². The summed E-state index contributed by atoms with van der Waals surface area (Å²) in [5.74, 6) is -0.844. The summed E-state index contributed by atoms with van der Waals surface area (Å²) in [7, 11) is 4.25. The lowest BCUT2D eigenvalue weighted by molar-refractivity contribution is 0.0694. The molecule has 0 aromatic heterocycles. The van der Waals surface area contributed by atoms with Crippen LogP contribution < -0.4 is 0 Å². The lowest BCUT2D eigenvalue weighted by Gasteiger charge is -2.35. The molecule has 1 aromatic rings. The minimum absolute atomic E-state index is 0.413. The predicted molar refractivity (Wildman–Crippen MR) is 80.0 cm³/mol. The Kier molecular flexibility index (Phi) is 5.15. The minimum Gasteiger partial charge on any atom is -0.478 e. The summed E-state index contributed by atoms with van der Waals surface area (Å²) in [6, 6.07) is 7.86. The van der Waals surface area contributed by atoms with Gasteiger partial charge in [0.2, 0.25) is 0 Å². The Bertz CT molecular complexity index is 462. The van der Waals surface area contributed by atoms with E-state index in [2.05, 4.69) is 23.9 Å². The van der Waals surface area contributed by atoms with E-state index in [1.807, 2.05) is 12.1 Å². The van der Waals surface area contributed by atoms with Crippen LogP contribution in [0.1, 0.15) is 35.2 Å². The number of carboxylic acids is 1. The van der Waals surface area contributed by atoms with Crippen molar-refractivity contribution in [3.63, 3.8) is 0 Å². The highest BCUT2D eigenvalue weighted by molar-refractivity contribution is 5.89. The van der Waals surface area contributed by atoms with Crippen LogP contribution in [-0.4, -0.2) is 54.1 Å². The van der Waals surface area contributed by atoms with Crippen LogP contribution in [0.15, 0.2) is 24.3 Å². The number of carbonyl (C=O) groups is 1. The van der Waals surface area contributed by atoms with Gasteiger partial charge >= 0.3 is 5.97 Å². The molecule has 2 rings (SSSR count). The van der Waals surface area contributed by atoms with E-state index < -0.39 is 5.97 Å². The van der Waals surface area contributed by atoms with Crippen LogP contribution >= 0.6 is 0 Å². The van der Waals surface area contributed by atoms with E-state index in [0.29, 0.717) is 18.2 Å². The number of rotatable bonds is 5. The predicted octanol–water partition coefficient (Wildman–Crippen LogP) is 2.30. The van der Waals surface area contributed by atoms with Gasteiger partial charge in [-0.2, -0.15) is 0 Å². The Hall–Kier alpha value is -1.39. The van der Waals surface area contributed by atoms with Crippen molar-refractivity contribution in [3.05, 3.63) is 35.4 Å². The molecular formula is C16H24N2O2. The van der Waals surface area contributed by atoms with Gasteiger partial charge in [0, 0.05) is 19.1 Å². The summed E-state index contributed by atoms with van der Waals surface area (Å²) in [4.78, 5) is 15.9. The smallest absolute Gasteiger partial charge is 0.336 e. The van der Waals surface area contributed by atoms with Crippen molar-refractivity contribution < 1.29 is 9.90 Å². The number of hydrogen-bond acceptors (Lipinski definition) is 3. The number of hydrogen-bond donors (Lipinski definition) is 1. The zero-order valence-electron chi connectivity index (χ0n) is 12.4. The lowest BCUT2D eigenvalue weighted by atomic mass is 10.0. The first kappa shape index (κ1) is 15.0. The van der Waals surface area contributed by atoms with Gasteiger partial charge < -0.3 is 14.9 Å². The summed E-state index contributed by atoms with van der Waals surface area (Å²) in [6.45, 7) is 2.85. The van der Waals surface area contributed by atoms with Gasteiger partial charge in [-0.25, -0.2) is 4.79 Å². The maximum absolute atomic E-state index is 11.2. The molecule has 1 saturated heterocycles. The first-order chi connectivity index (χ1) is 9.58. The molecule has 0 saturated carbocycles. The molecule has 1 aromatic carbocycles. The van der Waals surface area contributed by atoms with Gasteiger partial charge in [-0.15, -0.1) is 0 Å². The monoisotopic (exact) mass is 276 g/mol. The molecule has 1 fully saturated rings. The average Bonchev–Trinajstić information content (AvgIpc) is 2.41. The van der Waals surface area contributed by atoms with Gasteiger partial charge in [-0.05, 0) is 45.1 Å². The third-order valence-electron chi connectivity index (χ3n) is 4.13. The SMILES string of the molecule is CN(Cc1ccccc1C(=O)O)C[C@H]1CCCCN1C. The Morgan fingerprint density at radius 1 is 1.40 bits per heavy atom. The molecule has 0 aliphatic carbocycles. The van der Waals surface area contributed by atoms with Gasteiger partial charge in [0.05, 0.1) is 5.56 Å². The van der Waals surface area contributed by atoms with E-state index in [1.165, 1.54) is 25.8 Å². The van der Waals surface area contributed by atoms with E-state index in [-0.39, 0.29) is 0 Å². The van der Waals surface area contributed by atoms with Crippen LogP contribution in [0.5, 0.6) is 0 Å². The number of aromatic carboxylic acids is 1. The van der Waals surface area contributed by atoms with Crippen LogP contribution in [0.25, 0.3) is 0 Å². The summed E-state index contributed by atoms with van der Waals surface area (Å²) >= 11 is 0. The van der Waals surface area contributed by atoms with Crippen molar-refractivity contribution in [1.82, 2.24) is 9.80 Å². The van der Waals surface area contributed by atoms with Crippen LogP contribution in [0.2, 0.25) is 0 Å². The summed E-state index contributed by atoms with van der Waals surface area (Å²) in [5.41, 5.74) is 1.30. The van der Waals surface area contributed by atoms with Crippen molar-refractivity contribution in [1.29, 1.82) is 0 Å². The number of nitrogens with zero attached hydrogens (tertiary/aromatic N) is 2. The molecule has 1 aliphatic rings. The molecule has 0 unspecified atom stereocenters. The number of likely N-dealkylation sites (tertiary alicyclic amines) is 1. The normalized spacial score (nSPS) is 20.2. The van der Waals surface area contributed by atoms with Gasteiger partial charge in [-0.3, -0.25) is 0 Å². The molecule has 20 heavy (non-hydrogen) atoms. The van der Waals surface area contributed by atoms with Gasteiger partial charge in [-0.1, -0.05) is 24.6 Å². The Morgan fingerprint density at radius 3 is 2.85 bits per heavy atom. The average molecular weight is 276 g/mol. The maximum Gasteiger partial charge on any atom is 0.336 e. The molecule has 0 bridgehead atoms. The molecule has 0 radical (unpaired) electrons. The van der Waals surface area contributed by atoms with Crippen molar-refractivity contribution in [3.8, 4) is 0 Å². The van der Waals surface area contributed by atoms with Gasteiger partial charge in [0.15, 0.2) is 0 Å². The first-order valence-corrected chi connectivity index (χ1v) is 7.28. The molecule has 4 heteroatoms. The number of carboxylic acid groups (broad SMARTS) is 1. The van der Waals surface area contributed by atoms with Crippen molar-refractivity contribution >= 4 is 5.97 Å². The molecule has 110 valence electrons. The molecule has 4 nitrogen and oxygen atoms in total. The van der Waals surface area contributed by atoms with Gasteiger partial charge in [0.1, 0.15) is 0 Å². The molecule has 0 amide bonds. The molecular weight excluding hydrogens is 252 g/mol.